The van der Waals surface area contributed by atoms with Crippen molar-refractivity contribution < 1.29 is 13.9 Å². The summed E-state index contributed by atoms with van der Waals surface area (Å²) >= 11 is 0. The molecule has 1 heterocycles. The van der Waals surface area contributed by atoms with Crippen molar-refractivity contribution in [3.05, 3.63) is 41.8 Å². The van der Waals surface area contributed by atoms with Gasteiger partial charge in [-0.1, -0.05) is 6.07 Å². The van der Waals surface area contributed by atoms with E-state index in [1.807, 2.05) is 32.9 Å². The lowest BCUT2D eigenvalue weighted by atomic mass is 9.91. The van der Waals surface area contributed by atoms with Crippen LogP contribution < -0.4 is 10.6 Å². The monoisotopic (exact) mass is 373 g/mol. The van der Waals surface area contributed by atoms with Gasteiger partial charge in [-0.15, -0.1) is 0 Å². The van der Waals surface area contributed by atoms with Gasteiger partial charge >= 0.3 is 6.09 Å². The molecule has 146 valence electrons. The van der Waals surface area contributed by atoms with Gasteiger partial charge in [0.1, 0.15) is 11.4 Å². The summed E-state index contributed by atoms with van der Waals surface area (Å²) in [5, 5.41) is 7.32. The number of carbonyl (C=O) groups is 1. The third-order valence-electron chi connectivity index (χ3n) is 4.73. The number of aromatic nitrogens is 1. The second-order valence-corrected chi connectivity index (χ2v) is 8.22. The normalized spacial score (nSPS) is 20.4. The third kappa shape index (κ3) is 5.89. The van der Waals surface area contributed by atoms with E-state index in [9.17, 15) is 9.18 Å². The topological polar surface area (TPSA) is 63.2 Å². The molecule has 1 aliphatic carbocycles. The van der Waals surface area contributed by atoms with Gasteiger partial charge in [0.15, 0.2) is 0 Å². The molecule has 2 N–H and O–H groups in total. The summed E-state index contributed by atoms with van der Waals surface area (Å²) in [4.78, 5) is 16.5. The zero-order valence-corrected chi connectivity index (χ0v) is 16.2. The number of alkyl carbamates (subject to hydrolysis) is 1. The molecule has 0 unspecified atom stereocenters. The van der Waals surface area contributed by atoms with Gasteiger partial charge in [0.25, 0.3) is 0 Å². The van der Waals surface area contributed by atoms with Crippen LogP contribution in [-0.2, 0) is 11.3 Å². The highest BCUT2D eigenvalue weighted by Crippen LogP contribution is 2.20. The highest BCUT2D eigenvalue weighted by atomic mass is 19.1. The number of nitrogens with zero attached hydrogens (tertiary/aromatic N) is 1. The summed E-state index contributed by atoms with van der Waals surface area (Å²) in [6, 6.07) is 9.07. The number of fused-ring (bicyclic) bond motifs is 1. The van der Waals surface area contributed by atoms with E-state index in [4.69, 9.17) is 4.74 Å². The number of ether oxygens (including phenoxy) is 1. The van der Waals surface area contributed by atoms with Crippen LogP contribution in [0.1, 0.15) is 52.1 Å². The minimum Gasteiger partial charge on any atom is -0.444 e. The van der Waals surface area contributed by atoms with Gasteiger partial charge in [0, 0.05) is 24.0 Å². The van der Waals surface area contributed by atoms with Crippen LogP contribution in [0.15, 0.2) is 30.3 Å². The molecule has 27 heavy (non-hydrogen) atoms. The minimum atomic E-state index is -0.471. The van der Waals surface area contributed by atoms with Gasteiger partial charge in [0.05, 0.1) is 11.2 Å². The lowest BCUT2D eigenvalue weighted by molar-refractivity contribution is 0.0489. The maximum atomic E-state index is 13.2. The van der Waals surface area contributed by atoms with Gasteiger partial charge in [-0.3, -0.25) is 4.98 Å². The molecule has 0 radical (unpaired) electrons. The molecule has 0 saturated heterocycles. The fourth-order valence-corrected chi connectivity index (χ4v) is 3.40. The highest BCUT2D eigenvalue weighted by molar-refractivity contribution is 5.78. The van der Waals surface area contributed by atoms with Crippen molar-refractivity contribution in [3.8, 4) is 0 Å². The minimum absolute atomic E-state index is 0.173. The first-order valence-corrected chi connectivity index (χ1v) is 9.56. The smallest absolute Gasteiger partial charge is 0.407 e. The number of benzene rings is 1. The van der Waals surface area contributed by atoms with Crippen LogP contribution in [0.25, 0.3) is 10.9 Å². The van der Waals surface area contributed by atoms with Crippen LogP contribution in [0.4, 0.5) is 9.18 Å². The number of halogens is 1. The van der Waals surface area contributed by atoms with Crippen LogP contribution in [0.3, 0.4) is 0 Å². The Bertz CT molecular complexity index is 796. The zero-order chi connectivity index (χ0) is 19.4. The molecule has 0 aliphatic heterocycles. The molecule has 1 amide bonds. The standard InChI is InChI=1S/C21H28FN3O2/c1-21(2,3)27-20(26)25-17-9-7-16(8-10-17)23-13-18-6-4-14-12-15(22)5-11-19(14)24-18/h4-6,11-12,16-17,23H,7-10,13H2,1-3H3,(H,25,26). The van der Waals surface area contributed by atoms with E-state index >= 15 is 0 Å². The van der Waals surface area contributed by atoms with E-state index in [0.717, 1.165) is 42.3 Å². The summed E-state index contributed by atoms with van der Waals surface area (Å²) in [5.41, 5.74) is 1.28. The fourth-order valence-electron chi connectivity index (χ4n) is 3.40. The molecule has 1 fully saturated rings. The molecule has 6 heteroatoms. The van der Waals surface area contributed by atoms with E-state index in [2.05, 4.69) is 15.6 Å². The number of nitrogens with one attached hydrogen (secondary N) is 2. The Labute approximate surface area is 159 Å². The Balaban J connectivity index is 1.44. The zero-order valence-electron chi connectivity index (χ0n) is 16.2. The Morgan fingerprint density at radius 3 is 2.56 bits per heavy atom. The molecule has 1 aliphatic rings. The predicted molar refractivity (Wildman–Crippen MR) is 104 cm³/mol. The molecule has 0 spiro atoms. The number of pyridine rings is 1. The van der Waals surface area contributed by atoms with Gasteiger partial charge in [-0.05, 0) is 70.7 Å². The molecule has 1 saturated carbocycles. The second-order valence-electron chi connectivity index (χ2n) is 8.22. The molecule has 2 aromatic rings. The van der Waals surface area contributed by atoms with E-state index in [1.165, 1.54) is 12.1 Å². The Hall–Kier alpha value is -2.21. The largest absolute Gasteiger partial charge is 0.444 e. The summed E-state index contributed by atoms with van der Waals surface area (Å²) < 4.78 is 18.6. The van der Waals surface area contributed by atoms with Crippen LogP contribution in [0, 0.1) is 5.82 Å². The molecule has 0 atom stereocenters. The molecule has 0 bridgehead atoms. The molecular weight excluding hydrogens is 345 g/mol. The SMILES string of the molecule is CC(C)(C)OC(=O)NC1CCC(NCc2ccc3cc(F)ccc3n2)CC1. The number of hydrogen-bond donors (Lipinski definition) is 2. The summed E-state index contributed by atoms with van der Waals surface area (Å²) in [7, 11) is 0. The Morgan fingerprint density at radius 1 is 1.15 bits per heavy atom. The van der Waals surface area contributed by atoms with Gasteiger partial charge in [-0.25, -0.2) is 9.18 Å². The van der Waals surface area contributed by atoms with E-state index < -0.39 is 5.60 Å². The maximum absolute atomic E-state index is 13.2. The van der Waals surface area contributed by atoms with E-state index in [1.54, 1.807) is 6.07 Å². The van der Waals surface area contributed by atoms with Crippen molar-refractivity contribution in [2.75, 3.05) is 0 Å². The van der Waals surface area contributed by atoms with Crippen molar-refractivity contribution in [3.63, 3.8) is 0 Å². The average Bonchev–Trinajstić information content (AvgIpc) is 2.59. The van der Waals surface area contributed by atoms with Crippen LogP contribution in [-0.4, -0.2) is 28.8 Å². The number of carbonyl (C=O) groups excluding carboxylic acids is 1. The lowest BCUT2D eigenvalue weighted by Gasteiger charge is -2.30. The fraction of sp³-hybridized carbons (Fsp3) is 0.524. The Morgan fingerprint density at radius 2 is 1.85 bits per heavy atom. The first kappa shape index (κ1) is 19.5. The quantitative estimate of drug-likeness (QED) is 0.839. The van der Waals surface area contributed by atoms with Gasteiger partial charge in [0.2, 0.25) is 0 Å². The van der Waals surface area contributed by atoms with Crippen molar-refractivity contribution in [1.82, 2.24) is 15.6 Å². The number of rotatable bonds is 4. The Kier molecular flexibility index (Phi) is 5.95. The van der Waals surface area contributed by atoms with Gasteiger partial charge in [-0.2, -0.15) is 0 Å². The maximum Gasteiger partial charge on any atom is 0.407 e. The van der Waals surface area contributed by atoms with Crippen molar-refractivity contribution in [2.24, 2.45) is 0 Å². The summed E-state index contributed by atoms with van der Waals surface area (Å²) in [6.45, 7) is 6.28. The molecular formula is C21H28FN3O2. The first-order valence-electron chi connectivity index (χ1n) is 9.56. The lowest BCUT2D eigenvalue weighted by Crippen LogP contribution is -2.43. The van der Waals surface area contributed by atoms with Crippen LogP contribution >= 0.6 is 0 Å². The van der Waals surface area contributed by atoms with Crippen molar-refractivity contribution in [2.45, 2.75) is 70.7 Å². The van der Waals surface area contributed by atoms with Crippen LogP contribution in [0.2, 0.25) is 0 Å². The molecule has 3 rings (SSSR count). The van der Waals surface area contributed by atoms with Crippen LogP contribution in [0.5, 0.6) is 0 Å². The summed E-state index contributed by atoms with van der Waals surface area (Å²) in [5.74, 6) is -0.244. The molecule has 5 nitrogen and oxygen atoms in total. The van der Waals surface area contributed by atoms with Gasteiger partial charge < -0.3 is 15.4 Å². The summed E-state index contributed by atoms with van der Waals surface area (Å²) in [6.07, 6.45) is 3.52. The van der Waals surface area contributed by atoms with E-state index in [0.29, 0.717) is 12.6 Å². The highest BCUT2D eigenvalue weighted by Gasteiger charge is 2.24. The van der Waals surface area contributed by atoms with E-state index in [-0.39, 0.29) is 18.0 Å². The second kappa shape index (κ2) is 8.21. The number of hydrogen-bond acceptors (Lipinski definition) is 4. The molecule has 1 aromatic heterocycles. The average molecular weight is 373 g/mol. The predicted octanol–water partition coefficient (Wildman–Crippen LogP) is 4.30. The van der Waals surface area contributed by atoms with Crippen molar-refractivity contribution in [1.29, 1.82) is 0 Å². The molecule has 1 aromatic carbocycles. The number of amides is 1. The van der Waals surface area contributed by atoms with Crippen molar-refractivity contribution >= 4 is 17.0 Å². The first-order chi connectivity index (χ1) is 12.8. The third-order valence-corrected chi connectivity index (χ3v) is 4.73.